The molecule has 3 heteroatoms. The van der Waals surface area contributed by atoms with Crippen LogP contribution in [0.25, 0.3) is 0 Å². The van der Waals surface area contributed by atoms with Gasteiger partial charge in [0.05, 0.1) is 12.8 Å². The van der Waals surface area contributed by atoms with Crippen molar-refractivity contribution in [1.29, 1.82) is 0 Å². The summed E-state index contributed by atoms with van der Waals surface area (Å²) in [6.07, 6.45) is 0. The quantitative estimate of drug-likeness (QED) is 0.812. The minimum atomic E-state index is 0.728. The van der Waals surface area contributed by atoms with Crippen molar-refractivity contribution in [3.8, 4) is 5.75 Å². The van der Waals surface area contributed by atoms with E-state index < -0.39 is 0 Å². The molecule has 1 aromatic rings. The van der Waals surface area contributed by atoms with Gasteiger partial charge in [-0.3, -0.25) is 0 Å². The van der Waals surface area contributed by atoms with E-state index >= 15 is 0 Å². The summed E-state index contributed by atoms with van der Waals surface area (Å²) in [5.41, 5.74) is 2.00. The third kappa shape index (κ3) is 3.11. The molecule has 0 aliphatic heterocycles. The fourth-order valence-corrected chi connectivity index (χ4v) is 1.18. The Labute approximate surface area is 91.2 Å². The first kappa shape index (κ1) is 13.1. The van der Waals surface area contributed by atoms with Crippen LogP contribution in [-0.4, -0.2) is 14.2 Å². The second kappa shape index (κ2) is 6.55. The number of nitrogens with one attached hydrogen (secondary N) is 1. The minimum absolute atomic E-state index is 0.728. The largest absolute Gasteiger partial charge is 0.495 e. The van der Waals surface area contributed by atoms with Gasteiger partial charge in [0.15, 0.2) is 0 Å². The molecule has 0 aromatic heterocycles. The summed E-state index contributed by atoms with van der Waals surface area (Å²) in [4.78, 5) is 0. The van der Waals surface area contributed by atoms with Gasteiger partial charge in [0.1, 0.15) is 5.75 Å². The van der Waals surface area contributed by atoms with Gasteiger partial charge in [0.2, 0.25) is 0 Å². The number of benzene rings is 1. The lowest BCUT2D eigenvalue weighted by molar-refractivity contribution is 0.416. The van der Waals surface area contributed by atoms with Crippen molar-refractivity contribution in [1.82, 2.24) is 0 Å². The van der Waals surface area contributed by atoms with Gasteiger partial charge in [-0.25, -0.2) is 0 Å². The number of aryl methyl sites for hydroxylation is 1. The van der Waals surface area contributed by atoms with Crippen LogP contribution >= 0.6 is 11.6 Å². The van der Waals surface area contributed by atoms with Crippen molar-refractivity contribution < 1.29 is 4.74 Å². The van der Waals surface area contributed by atoms with E-state index in [4.69, 9.17) is 16.3 Å². The van der Waals surface area contributed by atoms with E-state index in [0.29, 0.717) is 0 Å². The summed E-state index contributed by atoms with van der Waals surface area (Å²) in [6.45, 7) is 5.96. The summed E-state index contributed by atoms with van der Waals surface area (Å²) in [5, 5.41) is 3.76. The Hall–Kier alpha value is -0.890. The first-order valence-electron chi connectivity index (χ1n) is 4.71. The molecule has 0 heterocycles. The molecule has 0 fully saturated rings. The lowest BCUT2D eigenvalue weighted by atomic mass is 10.2. The smallest absolute Gasteiger partial charge is 0.143 e. The van der Waals surface area contributed by atoms with E-state index in [1.165, 1.54) is 0 Å². The number of hydrogen-bond donors (Lipinski definition) is 1. The van der Waals surface area contributed by atoms with Crippen LogP contribution in [0.1, 0.15) is 19.4 Å². The van der Waals surface area contributed by atoms with Crippen LogP contribution in [0.2, 0.25) is 5.02 Å². The molecule has 0 spiro atoms. The molecule has 1 rings (SSSR count). The molecule has 14 heavy (non-hydrogen) atoms. The Kier molecular flexibility index (Phi) is 6.13. The van der Waals surface area contributed by atoms with Crippen molar-refractivity contribution in [3.05, 3.63) is 22.7 Å². The van der Waals surface area contributed by atoms with Crippen molar-refractivity contribution in [3.63, 3.8) is 0 Å². The highest BCUT2D eigenvalue weighted by Crippen LogP contribution is 2.30. The highest BCUT2D eigenvalue weighted by atomic mass is 35.5. The molecule has 1 N–H and O–H groups in total. The third-order valence-corrected chi connectivity index (χ3v) is 2.16. The van der Waals surface area contributed by atoms with Gasteiger partial charge in [-0.05, 0) is 18.6 Å². The van der Waals surface area contributed by atoms with Gasteiger partial charge in [-0.2, -0.15) is 0 Å². The fraction of sp³-hybridized carbons (Fsp3) is 0.455. The Balaban J connectivity index is 0.000000791. The molecule has 80 valence electrons. The molecule has 0 amide bonds. The Morgan fingerprint density at radius 1 is 1.29 bits per heavy atom. The van der Waals surface area contributed by atoms with E-state index in [1.54, 1.807) is 7.11 Å². The number of methoxy groups -OCH3 is 1. The summed E-state index contributed by atoms with van der Waals surface area (Å²) in [6, 6.07) is 3.77. The monoisotopic (exact) mass is 215 g/mol. The third-order valence-electron chi connectivity index (χ3n) is 1.75. The Bertz CT molecular complexity index is 258. The van der Waals surface area contributed by atoms with Crippen LogP contribution in [0, 0.1) is 6.92 Å². The van der Waals surface area contributed by atoms with Crippen LogP contribution < -0.4 is 10.1 Å². The molecular formula is C11H18ClNO. The molecule has 0 aliphatic carbocycles. The zero-order valence-electron chi connectivity index (χ0n) is 9.44. The van der Waals surface area contributed by atoms with E-state index in [1.807, 2.05) is 40.0 Å². The summed E-state index contributed by atoms with van der Waals surface area (Å²) in [5.74, 6) is 0.771. The van der Waals surface area contributed by atoms with E-state index in [9.17, 15) is 0 Å². The molecule has 0 bridgehead atoms. The number of halogens is 1. The molecule has 2 nitrogen and oxygen atoms in total. The average Bonchev–Trinajstić information content (AvgIpc) is 2.24. The van der Waals surface area contributed by atoms with Gasteiger partial charge < -0.3 is 10.1 Å². The average molecular weight is 216 g/mol. The standard InChI is InChI=1S/C9H12ClNO.C2H6/c1-6-4-8(11-2)9(12-3)5-7(6)10;1-2/h4-5,11H,1-3H3;1-2H3. The lowest BCUT2D eigenvalue weighted by Gasteiger charge is -2.09. The van der Waals surface area contributed by atoms with Gasteiger partial charge in [-0.15, -0.1) is 0 Å². The number of anilines is 1. The van der Waals surface area contributed by atoms with Crippen LogP contribution in [0.4, 0.5) is 5.69 Å². The minimum Gasteiger partial charge on any atom is -0.495 e. The van der Waals surface area contributed by atoms with E-state index in [-0.39, 0.29) is 0 Å². The van der Waals surface area contributed by atoms with E-state index in [0.717, 1.165) is 22.0 Å². The van der Waals surface area contributed by atoms with Crippen LogP contribution in [0.15, 0.2) is 12.1 Å². The maximum absolute atomic E-state index is 5.91. The predicted molar refractivity (Wildman–Crippen MR) is 63.6 cm³/mol. The molecule has 0 radical (unpaired) electrons. The normalized spacial score (nSPS) is 8.71. The zero-order valence-corrected chi connectivity index (χ0v) is 10.2. The van der Waals surface area contributed by atoms with Gasteiger partial charge in [0, 0.05) is 18.1 Å². The van der Waals surface area contributed by atoms with Crippen molar-refractivity contribution in [2.45, 2.75) is 20.8 Å². The highest BCUT2D eigenvalue weighted by Gasteiger charge is 2.04. The molecule has 0 atom stereocenters. The predicted octanol–water partition coefficient (Wildman–Crippen LogP) is 3.72. The molecule has 0 saturated carbocycles. The summed E-state index contributed by atoms with van der Waals surface area (Å²) >= 11 is 5.91. The van der Waals surface area contributed by atoms with Crippen LogP contribution in [0.3, 0.4) is 0 Å². The first-order chi connectivity index (χ1) is 6.69. The fourth-order valence-electron chi connectivity index (χ4n) is 1.03. The van der Waals surface area contributed by atoms with Gasteiger partial charge in [0.25, 0.3) is 0 Å². The Morgan fingerprint density at radius 2 is 1.86 bits per heavy atom. The molecule has 1 aromatic carbocycles. The highest BCUT2D eigenvalue weighted by molar-refractivity contribution is 6.31. The maximum atomic E-state index is 5.91. The number of ether oxygens (including phenoxy) is 1. The van der Waals surface area contributed by atoms with Gasteiger partial charge in [-0.1, -0.05) is 25.4 Å². The summed E-state index contributed by atoms with van der Waals surface area (Å²) < 4.78 is 5.13. The topological polar surface area (TPSA) is 21.3 Å². The van der Waals surface area contributed by atoms with Gasteiger partial charge >= 0.3 is 0 Å². The molecule has 0 aliphatic rings. The molecule has 0 unspecified atom stereocenters. The number of rotatable bonds is 2. The maximum Gasteiger partial charge on any atom is 0.143 e. The second-order valence-electron chi connectivity index (χ2n) is 2.55. The lowest BCUT2D eigenvalue weighted by Crippen LogP contribution is -1.94. The second-order valence-corrected chi connectivity index (χ2v) is 2.96. The van der Waals surface area contributed by atoms with E-state index in [2.05, 4.69) is 5.32 Å². The molecule has 0 saturated heterocycles. The van der Waals surface area contributed by atoms with Crippen molar-refractivity contribution in [2.75, 3.05) is 19.5 Å². The Morgan fingerprint density at radius 3 is 2.29 bits per heavy atom. The summed E-state index contributed by atoms with van der Waals surface area (Å²) in [7, 11) is 3.48. The SMILES string of the molecule is CC.CNc1cc(C)c(Cl)cc1OC. The zero-order chi connectivity index (χ0) is 11.1. The van der Waals surface area contributed by atoms with Crippen LogP contribution in [-0.2, 0) is 0 Å². The number of hydrogen-bond acceptors (Lipinski definition) is 2. The molecular weight excluding hydrogens is 198 g/mol. The van der Waals surface area contributed by atoms with Crippen molar-refractivity contribution >= 4 is 17.3 Å². The van der Waals surface area contributed by atoms with Crippen molar-refractivity contribution in [2.24, 2.45) is 0 Å². The van der Waals surface area contributed by atoms with Crippen LogP contribution in [0.5, 0.6) is 5.75 Å². The first-order valence-corrected chi connectivity index (χ1v) is 5.08.